The number of amides is 1. The molecule has 1 aromatic heterocycles. The Balaban J connectivity index is 1.37. The Morgan fingerprint density at radius 1 is 0.972 bits per heavy atom. The molecule has 0 bridgehead atoms. The molecule has 0 N–H and O–H groups in total. The zero-order chi connectivity index (χ0) is 25.3. The number of hydrogen-bond donors (Lipinski definition) is 0. The summed E-state index contributed by atoms with van der Waals surface area (Å²) < 4.78 is 1.59. The van der Waals surface area contributed by atoms with Crippen molar-refractivity contribution in [3.05, 3.63) is 81.1 Å². The quantitative estimate of drug-likeness (QED) is 0.452. The lowest BCUT2D eigenvalue weighted by Crippen LogP contribution is -2.33. The van der Waals surface area contributed by atoms with Gasteiger partial charge in [0.05, 0.1) is 5.69 Å². The number of nitrogens with zero attached hydrogens (tertiary/aromatic N) is 4. The van der Waals surface area contributed by atoms with Crippen LogP contribution in [-0.4, -0.2) is 46.8 Å². The fourth-order valence-corrected chi connectivity index (χ4v) is 5.48. The van der Waals surface area contributed by atoms with Crippen molar-refractivity contribution >= 4 is 23.2 Å². The highest BCUT2D eigenvalue weighted by atomic mass is 35.5. The summed E-state index contributed by atoms with van der Waals surface area (Å²) in [7, 11) is 0. The van der Waals surface area contributed by atoms with Gasteiger partial charge < -0.3 is 9.80 Å². The molecule has 1 amide bonds. The molecule has 0 aliphatic carbocycles. The smallest absolute Gasteiger partial charge is 0.266 e. The Kier molecular flexibility index (Phi) is 7.00. The molecule has 0 radical (unpaired) electrons. The van der Waals surface area contributed by atoms with Crippen LogP contribution in [0, 0.1) is 0 Å². The molecule has 2 aromatic carbocycles. The molecule has 2 aliphatic rings. The third kappa shape index (κ3) is 5.11. The van der Waals surface area contributed by atoms with Crippen LogP contribution >= 0.6 is 11.6 Å². The lowest BCUT2D eigenvalue weighted by atomic mass is 9.86. The number of likely N-dealkylation sites (tertiary alicyclic amines) is 1. The number of carbonyl (C=O) groups is 1. The summed E-state index contributed by atoms with van der Waals surface area (Å²) in [6.07, 6.45) is 4.77. The topological polar surface area (TPSA) is 58.4 Å². The maximum absolute atomic E-state index is 13.3. The Morgan fingerprint density at radius 3 is 2.47 bits per heavy atom. The second-order valence-corrected chi connectivity index (χ2v) is 11.0. The van der Waals surface area contributed by atoms with Gasteiger partial charge in [0.1, 0.15) is 0 Å². The van der Waals surface area contributed by atoms with Gasteiger partial charge in [0.2, 0.25) is 0 Å². The van der Waals surface area contributed by atoms with E-state index in [-0.39, 0.29) is 16.9 Å². The SMILES string of the molecule is CC1(C)CN(C(=O)c2ccc(Cl)cc2)c2ccc(-c3ccc(=O)n(CCCN4CCCCC4)n3)cc21. The zero-order valence-electron chi connectivity index (χ0n) is 21.0. The van der Waals surface area contributed by atoms with Gasteiger partial charge >= 0.3 is 0 Å². The first-order chi connectivity index (χ1) is 17.3. The molecule has 3 heterocycles. The standard InChI is InChI=1S/C29H33ClN4O2/c1-29(2)20-33(28(36)21-7-10-23(30)11-8-21)26-13-9-22(19-24(26)29)25-12-14-27(35)34(31-25)18-6-17-32-15-4-3-5-16-32/h7-14,19H,3-6,15-18,20H2,1-2H3. The minimum absolute atomic E-state index is 0.0355. The second kappa shape index (κ2) is 10.2. The number of piperidine rings is 1. The summed E-state index contributed by atoms with van der Waals surface area (Å²) in [5, 5.41) is 5.31. The van der Waals surface area contributed by atoms with Crippen molar-refractivity contribution in [2.24, 2.45) is 0 Å². The van der Waals surface area contributed by atoms with Crippen molar-refractivity contribution in [3.63, 3.8) is 0 Å². The normalized spacial score (nSPS) is 17.2. The van der Waals surface area contributed by atoms with Crippen LogP contribution in [0.2, 0.25) is 5.02 Å². The van der Waals surface area contributed by atoms with Crippen LogP contribution in [0.15, 0.2) is 59.4 Å². The predicted molar refractivity (Wildman–Crippen MR) is 145 cm³/mol. The number of rotatable bonds is 6. The van der Waals surface area contributed by atoms with Crippen LogP contribution < -0.4 is 10.5 Å². The van der Waals surface area contributed by atoms with Gasteiger partial charge in [0, 0.05) is 46.4 Å². The maximum atomic E-state index is 13.3. The predicted octanol–water partition coefficient (Wildman–Crippen LogP) is 5.38. The van der Waals surface area contributed by atoms with E-state index in [1.807, 2.05) is 17.0 Å². The summed E-state index contributed by atoms with van der Waals surface area (Å²) in [6.45, 7) is 8.83. The van der Waals surface area contributed by atoms with Crippen molar-refractivity contribution in [1.82, 2.24) is 14.7 Å². The highest BCUT2D eigenvalue weighted by Crippen LogP contribution is 2.42. The molecule has 1 saturated heterocycles. The molecule has 0 saturated carbocycles. The average molecular weight is 505 g/mol. The molecule has 3 aromatic rings. The van der Waals surface area contributed by atoms with E-state index in [1.165, 1.54) is 19.3 Å². The maximum Gasteiger partial charge on any atom is 0.266 e. The molecule has 0 spiro atoms. The highest BCUT2D eigenvalue weighted by Gasteiger charge is 2.38. The third-order valence-corrected chi connectivity index (χ3v) is 7.61. The summed E-state index contributed by atoms with van der Waals surface area (Å²) in [4.78, 5) is 30.1. The number of anilines is 1. The van der Waals surface area contributed by atoms with E-state index in [9.17, 15) is 9.59 Å². The average Bonchev–Trinajstić information content (AvgIpc) is 3.16. The van der Waals surface area contributed by atoms with Gasteiger partial charge in [-0.15, -0.1) is 0 Å². The molecule has 0 unspecified atom stereocenters. The van der Waals surface area contributed by atoms with E-state index in [0.717, 1.165) is 48.6 Å². The first-order valence-electron chi connectivity index (χ1n) is 12.8. The molecular weight excluding hydrogens is 472 g/mol. The Bertz CT molecular complexity index is 1310. The summed E-state index contributed by atoms with van der Waals surface area (Å²) in [5.41, 5.74) is 4.08. The summed E-state index contributed by atoms with van der Waals surface area (Å²) >= 11 is 6.01. The van der Waals surface area contributed by atoms with Crippen molar-refractivity contribution in [1.29, 1.82) is 0 Å². The lowest BCUT2D eigenvalue weighted by molar-refractivity contribution is 0.0986. The van der Waals surface area contributed by atoms with Gasteiger partial charge in [-0.25, -0.2) is 4.68 Å². The molecule has 36 heavy (non-hydrogen) atoms. The van der Waals surface area contributed by atoms with E-state index in [4.69, 9.17) is 16.7 Å². The molecule has 1 fully saturated rings. The Morgan fingerprint density at radius 2 is 1.72 bits per heavy atom. The lowest BCUT2D eigenvalue weighted by Gasteiger charge is -2.26. The van der Waals surface area contributed by atoms with Crippen molar-refractivity contribution in [2.45, 2.75) is 51.5 Å². The van der Waals surface area contributed by atoms with Crippen molar-refractivity contribution in [2.75, 3.05) is 31.1 Å². The number of hydrogen-bond acceptors (Lipinski definition) is 4. The molecule has 0 atom stereocenters. The number of aryl methyl sites for hydroxylation is 1. The van der Waals surface area contributed by atoms with Crippen LogP contribution in [0.25, 0.3) is 11.3 Å². The number of carbonyl (C=O) groups excluding carboxylic acids is 1. The van der Waals surface area contributed by atoms with E-state index in [2.05, 4.69) is 24.8 Å². The van der Waals surface area contributed by atoms with Crippen LogP contribution in [0.1, 0.15) is 55.5 Å². The van der Waals surface area contributed by atoms with Crippen molar-refractivity contribution in [3.8, 4) is 11.3 Å². The zero-order valence-corrected chi connectivity index (χ0v) is 21.8. The van der Waals surface area contributed by atoms with Crippen LogP contribution in [0.3, 0.4) is 0 Å². The molecule has 188 valence electrons. The van der Waals surface area contributed by atoms with Gasteiger partial charge in [-0.05, 0) is 86.9 Å². The fourth-order valence-electron chi connectivity index (χ4n) is 5.36. The van der Waals surface area contributed by atoms with Crippen LogP contribution in [0.5, 0.6) is 0 Å². The van der Waals surface area contributed by atoms with E-state index in [0.29, 0.717) is 23.7 Å². The van der Waals surface area contributed by atoms with Gasteiger partial charge in [-0.2, -0.15) is 5.10 Å². The van der Waals surface area contributed by atoms with E-state index < -0.39 is 0 Å². The van der Waals surface area contributed by atoms with Crippen LogP contribution in [0.4, 0.5) is 5.69 Å². The molecule has 6 nitrogen and oxygen atoms in total. The number of halogens is 1. The summed E-state index contributed by atoms with van der Waals surface area (Å²) in [5.74, 6) is -0.0355. The molecule has 7 heteroatoms. The first-order valence-corrected chi connectivity index (χ1v) is 13.2. The number of fused-ring (bicyclic) bond motifs is 1. The first kappa shape index (κ1) is 24.7. The van der Waals surface area contributed by atoms with Crippen molar-refractivity contribution < 1.29 is 4.79 Å². The van der Waals surface area contributed by atoms with Gasteiger partial charge in [0.25, 0.3) is 11.5 Å². The van der Waals surface area contributed by atoms with E-state index >= 15 is 0 Å². The number of aromatic nitrogens is 2. The third-order valence-electron chi connectivity index (χ3n) is 7.36. The minimum atomic E-state index is -0.212. The Hall–Kier alpha value is -2.96. The fraction of sp³-hybridized carbons (Fsp3) is 0.414. The van der Waals surface area contributed by atoms with Gasteiger partial charge in [-0.3, -0.25) is 9.59 Å². The molecule has 5 rings (SSSR count). The van der Waals surface area contributed by atoms with Gasteiger partial charge in [0.15, 0.2) is 0 Å². The largest absolute Gasteiger partial charge is 0.307 e. The minimum Gasteiger partial charge on any atom is -0.307 e. The monoisotopic (exact) mass is 504 g/mol. The number of benzene rings is 2. The van der Waals surface area contributed by atoms with E-state index in [1.54, 1.807) is 41.1 Å². The van der Waals surface area contributed by atoms with Crippen LogP contribution in [-0.2, 0) is 12.0 Å². The molecular formula is C29H33ClN4O2. The Labute approximate surface area is 217 Å². The highest BCUT2D eigenvalue weighted by molar-refractivity contribution is 6.30. The van der Waals surface area contributed by atoms with Gasteiger partial charge in [-0.1, -0.05) is 37.9 Å². The second-order valence-electron chi connectivity index (χ2n) is 10.5. The summed E-state index contributed by atoms with van der Waals surface area (Å²) in [6, 6.07) is 16.5. The molecule has 2 aliphatic heterocycles.